The van der Waals surface area contributed by atoms with Crippen LogP contribution in [0.15, 0.2) is 16.6 Å². The molecule has 1 unspecified atom stereocenters. The second kappa shape index (κ2) is 3.99. The summed E-state index contributed by atoms with van der Waals surface area (Å²) < 4.78 is 14.3. The van der Waals surface area contributed by atoms with Gasteiger partial charge in [0.15, 0.2) is 0 Å². The van der Waals surface area contributed by atoms with E-state index in [0.29, 0.717) is 11.6 Å². The molecule has 0 saturated carbocycles. The average molecular weight is 258 g/mol. The molecule has 2 rings (SSSR count). The van der Waals surface area contributed by atoms with Gasteiger partial charge in [-0.1, -0.05) is 15.9 Å². The van der Waals surface area contributed by atoms with Crippen molar-refractivity contribution in [3.63, 3.8) is 0 Å². The van der Waals surface area contributed by atoms with Crippen molar-refractivity contribution in [2.24, 2.45) is 0 Å². The molecule has 0 aliphatic carbocycles. The highest BCUT2D eigenvalue weighted by Gasteiger charge is 2.17. The number of hydrogen-bond donors (Lipinski definition) is 1. The van der Waals surface area contributed by atoms with Crippen LogP contribution in [0.25, 0.3) is 0 Å². The summed E-state index contributed by atoms with van der Waals surface area (Å²) in [7, 11) is 0. The average Bonchev–Trinajstić information content (AvgIpc) is 2.66. The lowest BCUT2D eigenvalue weighted by Crippen LogP contribution is -2.13. The molecule has 1 heterocycles. The Bertz CT molecular complexity index is 322. The summed E-state index contributed by atoms with van der Waals surface area (Å²) in [5, 5.41) is 3.36. The van der Waals surface area contributed by atoms with E-state index in [1.54, 1.807) is 13.0 Å². The Labute approximate surface area is 91.8 Å². The highest BCUT2D eigenvalue weighted by Crippen LogP contribution is 2.28. The van der Waals surface area contributed by atoms with E-state index in [0.717, 1.165) is 23.0 Å². The summed E-state index contributed by atoms with van der Waals surface area (Å²) >= 11 is 3.38. The van der Waals surface area contributed by atoms with Gasteiger partial charge in [0.25, 0.3) is 0 Å². The summed E-state index contributed by atoms with van der Waals surface area (Å²) in [4.78, 5) is 0. The van der Waals surface area contributed by atoms with E-state index >= 15 is 0 Å². The molecule has 1 aromatic carbocycles. The van der Waals surface area contributed by atoms with Crippen LogP contribution in [-0.4, -0.2) is 6.54 Å². The Morgan fingerprint density at radius 1 is 1.50 bits per heavy atom. The van der Waals surface area contributed by atoms with Crippen molar-refractivity contribution < 1.29 is 4.39 Å². The molecule has 1 N–H and O–H groups in total. The lowest BCUT2D eigenvalue weighted by Gasteiger charge is -2.12. The highest BCUT2D eigenvalue weighted by atomic mass is 79.9. The lowest BCUT2D eigenvalue weighted by atomic mass is 10.0. The number of halogens is 2. The molecule has 1 atom stereocenters. The van der Waals surface area contributed by atoms with Crippen molar-refractivity contribution in [3.8, 4) is 0 Å². The fourth-order valence-corrected chi connectivity index (χ4v) is 2.29. The fourth-order valence-electron chi connectivity index (χ4n) is 1.84. The Balaban J connectivity index is 2.34. The van der Waals surface area contributed by atoms with Crippen LogP contribution >= 0.6 is 15.9 Å². The third kappa shape index (κ3) is 1.84. The maximum absolute atomic E-state index is 13.4. The molecule has 0 spiro atoms. The molecule has 1 aliphatic rings. The summed E-state index contributed by atoms with van der Waals surface area (Å²) in [6.07, 6.45) is 2.28. The van der Waals surface area contributed by atoms with Gasteiger partial charge in [0, 0.05) is 10.5 Å². The van der Waals surface area contributed by atoms with Gasteiger partial charge in [0.1, 0.15) is 5.82 Å². The van der Waals surface area contributed by atoms with E-state index in [4.69, 9.17) is 0 Å². The first-order valence-electron chi connectivity index (χ1n) is 4.87. The molecule has 0 amide bonds. The molecule has 1 fully saturated rings. The van der Waals surface area contributed by atoms with E-state index in [9.17, 15) is 4.39 Å². The van der Waals surface area contributed by atoms with Gasteiger partial charge in [-0.25, -0.2) is 4.39 Å². The maximum atomic E-state index is 13.4. The molecular weight excluding hydrogens is 245 g/mol. The van der Waals surface area contributed by atoms with Crippen LogP contribution in [0.3, 0.4) is 0 Å². The zero-order valence-corrected chi connectivity index (χ0v) is 9.70. The van der Waals surface area contributed by atoms with E-state index in [2.05, 4.69) is 21.2 Å². The van der Waals surface area contributed by atoms with Gasteiger partial charge in [-0.3, -0.25) is 0 Å². The number of rotatable bonds is 1. The predicted octanol–water partition coefficient (Wildman–Crippen LogP) is 3.32. The second-order valence-electron chi connectivity index (χ2n) is 3.76. The topological polar surface area (TPSA) is 12.0 Å². The normalized spacial score (nSPS) is 21.5. The van der Waals surface area contributed by atoms with Crippen LogP contribution < -0.4 is 5.32 Å². The second-order valence-corrected chi connectivity index (χ2v) is 4.61. The Hall–Kier alpha value is -0.410. The molecule has 1 aliphatic heterocycles. The quantitative estimate of drug-likeness (QED) is 0.814. The zero-order valence-electron chi connectivity index (χ0n) is 8.11. The minimum atomic E-state index is -0.122. The zero-order chi connectivity index (χ0) is 10.1. The first-order valence-corrected chi connectivity index (χ1v) is 5.66. The van der Waals surface area contributed by atoms with E-state index < -0.39 is 0 Å². The van der Waals surface area contributed by atoms with Crippen molar-refractivity contribution >= 4 is 15.9 Å². The lowest BCUT2D eigenvalue weighted by molar-refractivity contribution is 0.598. The van der Waals surface area contributed by atoms with Crippen molar-refractivity contribution in [1.29, 1.82) is 0 Å². The Morgan fingerprint density at radius 3 is 2.86 bits per heavy atom. The summed E-state index contributed by atoms with van der Waals surface area (Å²) in [6.45, 7) is 2.82. The van der Waals surface area contributed by atoms with Crippen LogP contribution in [0.1, 0.15) is 30.0 Å². The molecule has 76 valence electrons. The smallest absolute Gasteiger partial charge is 0.127 e. The minimum absolute atomic E-state index is 0.122. The third-order valence-corrected chi connectivity index (χ3v) is 3.59. The molecule has 14 heavy (non-hydrogen) atoms. The summed E-state index contributed by atoms with van der Waals surface area (Å²) in [5.74, 6) is -0.122. The molecule has 0 aromatic heterocycles. The van der Waals surface area contributed by atoms with Crippen LogP contribution in [0, 0.1) is 12.7 Å². The SMILES string of the molecule is Cc1c(F)cc(C2CCCN2)cc1Br. The Kier molecular flexibility index (Phi) is 2.88. The van der Waals surface area contributed by atoms with Gasteiger partial charge in [0.2, 0.25) is 0 Å². The van der Waals surface area contributed by atoms with Crippen molar-refractivity contribution in [2.45, 2.75) is 25.8 Å². The standard InChI is InChI=1S/C11H13BrFN/c1-7-9(12)5-8(6-10(7)13)11-3-2-4-14-11/h5-6,11,14H,2-4H2,1H3. The van der Waals surface area contributed by atoms with Crippen molar-refractivity contribution in [3.05, 3.63) is 33.5 Å². The van der Waals surface area contributed by atoms with Crippen LogP contribution in [0.2, 0.25) is 0 Å². The van der Waals surface area contributed by atoms with Gasteiger partial charge in [-0.05, 0) is 49.6 Å². The van der Waals surface area contributed by atoms with Gasteiger partial charge >= 0.3 is 0 Å². The van der Waals surface area contributed by atoms with Crippen LogP contribution in [-0.2, 0) is 0 Å². The van der Waals surface area contributed by atoms with E-state index in [1.165, 1.54) is 6.42 Å². The van der Waals surface area contributed by atoms with Crippen molar-refractivity contribution in [2.75, 3.05) is 6.54 Å². The molecule has 0 radical (unpaired) electrons. The van der Waals surface area contributed by atoms with Gasteiger partial charge in [-0.15, -0.1) is 0 Å². The Morgan fingerprint density at radius 2 is 2.29 bits per heavy atom. The molecule has 3 heteroatoms. The van der Waals surface area contributed by atoms with Gasteiger partial charge < -0.3 is 5.32 Å². The van der Waals surface area contributed by atoms with Gasteiger partial charge in [-0.2, -0.15) is 0 Å². The molecular formula is C11H13BrFN. The molecule has 1 saturated heterocycles. The first-order chi connectivity index (χ1) is 6.68. The van der Waals surface area contributed by atoms with Crippen molar-refractivity contribution in [1.82, 2.24) is 5.32 Å². The first kappa shape index (κ1) is 10.1. The molecule has 0 bridgehead atoms. The maximum Gasteiger partial charge on any atom is 0.127 e. The molecule has 1 aromatic rings. The van der Waals surface area contributed by atoms with Gasteiger partial charge in [0.05, 0.1) is 0 Å². The van der Waals surface area contributed by atoms with E-state index in [1.807, 2.05) is 6.07 Å². The largest absolute Gasteiger partial charge is 0.310 e. The summed E-state index contributed by atoms with van der Waals surface area (Å²) in [6, 6.07) is 3.99. The van der Waals surface area contributed by atoms with Crippen LogP contribution in [0.4, 0.5) is 4.39 Å². The fraction of sp³-hybridized carbons (Fsp3) is 0.455. The number of benzene rings is 1. The summed E-state index contributed by atoms with van der Waals surface area (Å²) in [5.41, 5.74) is 1.74. The predicted molar refractivity (Wildman–Crippen MR) is 58.8 cm³/mol. The van der Waals surface area contributed by atoms with E-state index in [-0.39, 0.29) is 5.82 Å². The highest BCUT2D eigenvalue weighted by molar-refractivity contribution is 9.10. The third-order valence-electron chi connectivity index (χ3n) is 2.77. The monoisotopic (exact) mass is 257 g/mol. The number of hydrogen-bond acceptors (Lipinski definition) is 1. The minimum Gasteiger partial charge on any atom is -0.310 e. The van der Waals surface area contributed by atoms with Crippen LogP contribution in [0.5, 0.6) is 0 Å². The molecule has 1 nitrogen and oxygen atoms in total. The number of nitrogens with one attached hydrogen (secondary N) is 1.